The van der Waals surface area contributed by atoms with Crippen molar-refractivity contribution in [1.29, 1.82) is 0 Å². The number of likely N-dealkylation sites (N-methyl/N-ethyl adjacent to an activating group) is 1. The molecule has 5 atom stereocenters. The van der Waals surface area contributed by atoms with Crippen molar-refractivity contribution in [3.63, 3.8) is 0 Å². The van der Waals surface area contributed by atoms with Gasteiger partial charge in [-0.15, -0.1) is 11.3 Å². The van der Waals surface area contributed by atoms with Gasteiger partial charge in [0.1, 0.15) is 17.8 Å². The average Bonchev–Trinajstić information content (AvgIpc) is 3.59. The van der Waals surface area contributed by atoms with Crippen molar-refractivity contribution >= 4 is 37.4 Å². The van der Waals surface area contributed by atoms with Crippen molar-refractivity contribution < 1.29 is 28.3 Å². The number of aromatic nitrogens is 1. The zero-order valence-corrected chi connectivity index (χ0v) is 33.5. The number of nitrogens with one attached hydrogen (secondary N) is 1. The van der Waals surface area contributed by atoms with E-state index in [1.165, 1.54) is 18.4 Å². The van der Waals surface area contributed by atoms with Crippen molar-refractivity contribution in [1.82, 2.24) is 20.1 Å². The number of piperidine rings is 1. The van der Waals surface area contributed by atoms with Crippen molar-refractivity contribution in [3.8, 4) is 0 Å². The highest BCUT2D eigenvalue weighted by atomic mass is 32.1. The van der Waals surface area contributed by atoms with Crippen LogP contribution in [0.4, 0.5) is 0 Å². The number of likely N-dealkylation sites (tertiary alicyclic amines) is 1. The topological polar surface area (TPSA) is 110 Å². The van der Waals surface area contributed by atoms with Crippen LogP contribution >= 0.6 is 11.3 Å². The number of carbonyl (C=O) groups is 3. The number of rotatable bonds is 22. The summed E-state index contributed by atoms with van der Waals surface area (Å²) in [6.07, 6.45) is 6.77. The van der Waals surface area contributed by atoms with Gasteiger partial charge < -0.3 is 24.1 Å². The van der Waals surface area contributed by atoms with Crippen LogP contribution in [-0.4, -0.2) is 93.1 Å². The van der Waals surface area contributed by atoms with Gasteiger partial charge in [-0.05, 0) is 69.2 Å². The molecule has 12 heteroatoms. The van der Waals surface area contributed by atoms with E-state index in [1.807, 2.05) is 18.9 Å². The summed E-state index contributed by atoms with van der Waals surface area (Å²) < 4.78 is 18.3. The van der Waals surface area contributed by atoms with Gasteiger partial charge >= 0.3 is 5.97 Å². The summed E-state index contributed by atoms with van der Waals surface area (Å²) in [6.45, 7) is 18.7. The van der Waals surface area contributed by atoms with Crippen LogP contribution in [0.1, 0.15) is 128 Å². The van der Waals surface area contributed by atoms with Gasteiger partial charge in [-0.2, -0.15) is 0 Å². The molecule has 0 aliphatic carbocycles. The van der Waals surface area contributed by atoms with E-state index in [-0.39, 0.29) is 48.2 Å². The standard InChI is InChI=1S/C36H66N4O6SSi/c1-11-16-19-22-45-25-40(35(42)32(27(8)12-2)38-33(41)29-20-17-18-21-39(29)9)30(26(6)7)23-31(46-48(13-3,14-4)15-5)34-37-28(24-47-34)36(43)44-10/h24,26-27,29-32H,11-23,25H2,1-10H3,(H,38,41)/t27-,29+,30+,31+,32?/m0/s1. The number of amides is 2. The van der Waals surface area contributed by atoms with Gasteiger partial charge in [0.2, 0.25) is 11.8 Å². The fraction of sp³-hybridized carbons (Fsp3) is 0.833. The minimum Gasteiger partial charge on any atom is -0.464 e. The Morgan fingerprint density at radius 3 is 2.33 bits per heavy atom. The molecule has 0 radical (unpaired) electrons. The third-order valence-electron chi connectivity index (χ3n) is 10.4. The Bertz CT molecular complexity index is 1110. The minimum absolute atomic E-state index is 0.0537. The second-order valence-electron chi connectivity index (χ2n) is 13.9. The molecule has 1 aliphatic heterocycles. The van der Waals surface area contributed by atoms with Crippen LogP contribution in [0.3, 0.4) is 0 Å². The quantitative estimate of drug-likeness (QED) is 0.0574. The number of hydrogen-bond donors (Lipinski definition) is 1. The fourth-order valence-electron chi connectivity index (χ4n) is 6.57. The molecule has 2 rings (SSSR count). The van der Waals surface area contributed by atoms with Gasteiger partial charge in [0.15, 0.2) is 14.0 Å². The van der Waals surface area contributed by atoms with Gasteiger partial charge in [-0.3, -0.25) is 14.5 Å². The number of nitrogens with zero attached hydrogens (tertiary/aromatic N) is 3. The fourth-order valence-corrected chi connectivity index (χ4v) is 10.3. The van der Waals surface area contributed by atoms with E-state index in [2.05, 4.69) is 58.7 Å². The van der Waals surface area contributed by atoms with E-state index in [0.717, 1.165) is 74.6 Å². The summed E-state index contributed by atoms with van der Waals surface area (Å²) in [5.41, 5.74) is 0.267. The number of hydrogen-bond acceptors (Lipinski definition) is 9. The summed E-state index contributed by atoms with van der Waals surface area (Å²) in [5.74, 6) is -0.694. The summed E-state index contributed by atoms with van der Waals surface area (Å²) in [5, 5.41) is 5.66. The van der Waals surface area contributed by atoms with E-state index >= 15 is 0 Å². The van der Waals surface area contributed by atoms with Crippen LogP contribution in [0.25, 0.3) is 0 Å². The molecule has 0 aromatic carbocycles. The summed E-state index contributed by atoms with van der Waals surface area (Å²) in [4.78, 5) is 49.6. The molecule has 0 spiro atoms. The normalized spacial score (nSPS) is 18.3. The summed E-state index contributed by atoms with van der Waals surface area (Å²) >= 11 is 1.40. The molecule has 0 saturated carbocycles. The first-order valence-electron chi connectivity index (χ1n) is 18.5. The van der Waals surface area contributed by atoms with Crippen molar-refractivity contribution in [2.24, 2.45) is 11.8 Å². The maximum absolute atomic E-state index is 14.8. The van der Waals surface area contributed by atoms with Gasteiger partial charge in [0.25, 0.3) is 0 Å². The van der Waals surface area contributed by atoms with Crippen LogP contribution in [0, 0.1) is 11.8 Å². The Kier molecular flexibility index (Phi) is 18.8. The van der Waals surface area contributed by atoms with Crippen LogP contribution < -0.4 is 5.32 Å². The monoisotopic (exact) mass is 710 g/mol. The van der Waals surface area contributed by atoms with Crippen molar-refractivity contribution in [2.45, 2.75) is 149 Å². The third-order valence-corrected chi connectivity index (χ3v) is 16.0. The highest BCUT2D eigenvalue weighted by Crippen LogP contribution is 2.37. The third kappa shape index (κ3) is 11.9. The number of carbonyl (C=O) groups excluding carboxylic acids is 3. The molecule has 48 heavy (non-hydrogen) atoms. The highest BCUT2D eigenvalue weighted by molar-refractivity contribution is 7.09. The highest BCUT2D eigenvalue weighted by Gasteiger charge is 2.40. The van der Waals surface area contributed by atoms with Crippen molar-refractivity contribution in [3.05, 3.63) is 16.1 Å². The average molecular weight is 711 g/mol. The Labute approximate surface area is 296 Å². The molecule has 276 valence electrons. The predicted octanol–water partition coefficient (Wildman–Crippen LogP) is 7.42. The molecule has 2 amide bonds. The molecule has 0 bridgehead atoms. The van der Waals surface area contributed by atoms with Crippen molar-refractivity contribution in [2.75, 3.05) is 34.0 Å². The molecule has 1 aromatic rings. The molecule has 1 N–H and O–H groups in total. The van der Waals surface area contributed by atoms with Gasteiger partial charge in [-0.1, -0.05) is 81.1 Å². The first-order valence-corrected chi connectivity index (χ1v) is 21.9. The van der Waals surface area contributed by atoms with Crippen LogP contribution in [0.5, 0.6) is 0 Å². The van der Waals surface area contributed by atoms with Gasteiger partial charge in [0.05, 0.1) is 19.3 Å². The predicted molar refractivity (Wildman–Crippen MR) is 197 cm³/mol. The van der Waals surface area contributed by atoms with Gasteiger partial charge in [0, 0.05) is 18.0 Å². The maximum atomic E-state index is 14.8. The first kappa shape index (κ1) is 42.3. The van der Waals surface area contributed by atoms with E-state index in [4.69, 9.17) is 18.9 Å². The number of esters is 1. The van der Waals surface area contributed by atoms with E-state index in [1.54, 1.807) is 5.38 Å². The van der Waals surface area contributed by atoms with Crippen LogP contribution in [-0.2, 0) is 23.5 Å². The maximum Gasteiger partial charge on any atom is 0.357 e. The van der Waals surface area contributed by atoms with E-state index in [0.29, 0.717) is 13.0 Å². The number of ether oxygens (including phenoxy) is 2. The van der Waals surface area contributed by atoms with Crippen LogP contribution in [0.15, 0.2) is 5.38 Å². The summed E-state index contributed by atoms with van der Waals surface area (Å²) in [6, 6.07) is 1.69. The largest absolute Gasteiger partial charge is 0.464 e. The minimum atomic E-state index is -2.13. The molecule has 1 fully saturated rings. The number of unbranched alkanes of at least 4 members (excludes halogenated alkanes) is 2. The number of methoxy groups -OCH3 is 1. The molecule has 1 unspecified atom stereocenters. The molecule has 1 aromatic heterocycles. The number of thiazole rings is 1. The lowest BCUT2D eigenvalue weighted by molar-refractivity contribution is -0.149. The Morgan fingerprint density at radius 1 is 1.08 bits per heavy atom. The molecule has 1 saturated heterocycles. The van der Waals surface area contributed by atoms with Gasteiger partial charge in [-0.25, -0.2) is 9.78 Å². The first-order chi connectivity index (χ1) is 22.9. The Hall–Kier alpha value is -1.86. The second kappa shape index (κ2) is 21.4. The molecule has 1 aliphatic rings. The lowest BCUT2D eigenvalue weighted by atomic mass is 9.92. The zero-order chi connectivity index (χ0) is 35.9. The smallest absolute Gasteiger partial charge is 0.357 e. The molecular weight excluding hydrogens is 645 g/mol. The zero-order valence-electron chi connectivity index (χ0n) is 31.6. The lowest BCUT2D eigenvalue weighted by Gasteiger charge is -2.41. The Balaban J connectivity index is 2.55. The SMILES string of the molecule is CCCCCOCN(C(=O)C(NC(=O)[C@H]1CCCCN1C)[C@@H](C)CC)[C@H](C[C@@H](O[Si](CC)(CC)CC)c1nc(C(=O)OC)cs1)C(C)C. The lowest BCUT2D eigenvalue weighted by Crippen LogP contribution is -2.59. The van der Waals surface area contributed by atoms with E-state index < -0.39 is 26.4 Å². The Morgan fingerprint density at radius 2 is 1.77 bits per heavy atom. The second-order valence-corrected chi connectivity index (χ2v) is 19.5. The molecular formula is C36H66N4O6SSi. The van der Waals surface area contributed by atoms with Crippen LogP contribution in [0.2, 0.25) is 18.1 Å². The summed E-state index contributed by atoms with van der Waals surface area (Å²) in [7, 11) is 1.22. The molecule has 2 heterocycles. The molecule has 10 nitrogen and oxygen atoms in total. The van der Waals surface area contributed by atoms with E-state index in [9.17, 15) is 14.4 Å².